The molecule has 1 heterocycles. The molecular weight excluding hydrogens is 446 g/mol. The first-order valence-corrected chi connectivity index (χ1v) is 11.1. The Balaban J connectivity index is 2.70. The van der Waals surface area contributed by atoms with Crippen LogP contribution in [0.15, 0.2) is 4.99 Å². The van der Waals surface area contributed by atoms with Crippen molar-refractivity contribution in [2.75, 3.05) is 24.6 Å². The van der Waals surface area contributed by atoms with E-state index >= 15 is 0 Å². The molecule has 3 amide bonds. The number of hydrogen-bond acceptors (Lipinski definition) is 8. The van der Waals surface area contributed by atoms with Crippen molar-refractivity contribution in [1.82, 2.24) is 15.5 Å². The van der Waals surface area contributed by atoms with Crippen molar-refractivity contribution in [1.29, 1.82) is 0 Å². The number of carboxylic acids is 1. The summed E-state index contributed by atoms with van der Waals surface area (Å²) in [5.74, 6) is -2.93. The summed E-state index contributed by atoms with van der Waals surface area (Å²) in [5, 5.41) is 14.0. The van der Waals surface area contributed by atoms with Crippen LogP contribution in [0.2, 0.25) is 0 Å². The van der Waals surface area contributed by atoms with Crippen LogP contribution in [0.25, 0.3) is 0 Å². The Kier molecular flexibility index (Phi) is 11.5. The Morgan fingerprint density at radius 2 is 1.77 bits per heavy atom. The van der Waals surface area contributed by atoms with Crippen LogP contribution in [0.3, 0.4) is 0 Å². The van der Waals surface area contributed by atoms with E-state index in [0.29, 0.717) is 38.8 Å². The lowest BCUT2D eigenvalue weighted by atomic mass is 10.1. The number of guanidine groups is 1. The molecule has 0 radical (unpaired) electrons. The molecule has 0 bridgehead atoms. The van der Waals surface area contributed by atoms with Crippen molar-refractivity contribution < 1.29 is 24.3 Å². The van der Waals surface area contributed by atoms with Crippen LogP contribution in [-0.4, -0.2) is 88.4 Å². The molecule has 1 rings (SSSR count). The summed E-state index contributed by atoms with van der Waals surface area (Å²) >= 11 is 8.06. The van der Waals surface area contributed by atoms with Gasteiger partial charge in [0.2, 0.25) is 17.7 Å². The van der Waals surface area contributed by atoms with Gasteiger partial charge in [-0.15, -0.1) is 0 Å². The number of nitrogens with one attached hydrogen (secondary N) is 2. The summed E-state index contributed by atoms with van der Waals surface area (Å²) in [6.45, 7) is 0.632. The Hall–Kier alpha value is -2.19. The Morgan fingerprint density at radius 3 is 2.32 bits per heavy atom. The molecule has 0 saturated carbocycles. The van der Waals surface area contributed by atoms with Crippen molar-refractivity contribution >= 4 is 54.9 Å². The van der Waals surface area contributed by atoms with E-state index in [1.165, 1.54) is 4.90 Å². The largest absolute Gasteiger partial charge is 0.480 e. The molecule has 4 unspecified atom stereocenters. The van der Waals surface area contributed by atoms with Crippen LogP contribution in [0.1, 0.15) is 25.7 Å². The Labute approximate surface area is 191 Å². The molecule has 14 heteroatoms. The summed E-state index contributed by atoms with van der Waals surface area (Å²) in [6, 6.07) is -3.84. The first-order chi connectivity index (χ1) is 14.6. The molecule has 0 spiro atoms. The number of amides is 3. The minimum atomic E-state index is -1.21. The molecule has 1 aliphatic heterocycles. The first kappa shape index (κ1) is 26.8. The number of nitrogens with zero attached hydrogens (tertiary/aromatic N) is 2. The fourth-order valence-corrected chi connectivity index (χ4v) is 3.57. The van der Waals surface area contributed by atoms with Gasteiger partial charge >= 0.3 is 5.97 Å². The Bertz CT molecular complexity index is 690. The molecular formula is C17H31N7O5S2. The molecule has 0 aromatic rings. The highest BCUT2D eigenvalue weighted by Gasteiger charge is 2.38. The zero-order valence-corrected chi connectivity index (χ0v) is 18.9. The van der Waals surface area contributed by atoms with Crippen molar-refractivity contribution in [2.45, 2.75) is 49.9 Å². The van der Waals surface area contributed by atoms with Gasteiger partial charge in [-0.3, -0.25) is 19.4 Å². The monoisotopic (exact) mass is 477 g/mol. The van der Waals surface area contributed by atoms with Gasteiger partial charge in [-0.05, 0) is 25.7 Å². The molecule has 31 heavy (non-hydrogen) atoms. The van der Waals surface area contributed by atoms with Crippen molar-refractivity contribution in [2.24, 2.45) is 22.2 Å². The van der Waals surface area contributed by atoms with Gasteiger partial charge in [-0.2, -0.15) is 25.3 Å². The fourth-order valence-electron chi connectivity index (χ4n) is 3.07. The lowest BCUT2D eigenvalue weighted by molar-refractivity contribution is -0.144. The van der Waals surface area contributed by atoms with E-state index in [2.05, 4.69) is 40.9 Å². The number of nitrogens with two attached hydrogens (primary N) is 3. The summed E-state index contributed by atoms with van der Waals surface area (Å²) in [6.07, 6.45) is 1.75. The van der Waals surface area contributed by atoms with Gasteiger partial charge < -0.3 is 37.8 Å². The molecule has 1 aliphatic rings. The van der Waals surface area contributed by atoms with Crippen molar-refractivity contribution in [3.63, 3.8) is 0 Å². The van der Waals surface area contributed by atoms with E-state index < -0.39 is 47.9 Å². The average molecular weight is 478 g/mol. The number of hydrogen-bond donors (Lipinski definition) is 8. The summed E-state index contributed by atoms with van der Waals surface area (Å²) in [7, 11) is 0. The predicted octanol–water partition coefficient (Wildman–Crippen LogP) is -2.73. The van der Waals surface area contributed by atoms with Gasteiger partial charge in [0.15, 0.2) is 5.96 Å². The summed E-state index contributed by atoms with van der Waals surface area (Å²) in [4.78, 5) is 54.1. The maximum Gasteiger partial charge on any atom is 0.327 e. The molecule has 4 atom stereocenters. The normalized spacial score (nSPS) is 18.5. The van der Waals surface area contributed by atoms with Crippen LogP contribution in [-0.2, 0) is 19.2 Å². The van der Waals surface area contributed by atoms with E-state index in [0.717, 1.165) is 0 Å². The highest BCUT2D eigenvalue weighted by Crippen LogP contribution is 2.19. The van der Waals surface area contributed by atoms with E-state index in [1.807, 2.05) is 0 Å². The number of carboxylic acid groups (broad SMARTS) is 1. The summed E-state index contributed by atoms with van der Waals surface area (Å²) < 4.78 is 0. The van der Waals surface area contributed by atoms with Gasteiger partial charge in [0.1, 0.15) is 18.1 Å². The van der Waals surface area contributed by atoms with E-state index in [-0.39, 0.29) is 17.5 Å². The van der Waals surface area contributed by atoms with Gasteiger partial charge in [-0.25, -0.2) is 4.79 Å². The molecule has 1 fully saturated rings. The van der Waals surface area contributed by atoms with Gasteiger partial charge in [0, 0.05) is 24.6 Å². The minimum Gasteiger partial charge on any atom is -0.480 e. The number of rotatable bonds is 12. The van der Waals surface area contributed by atoms with Crippen LogP contribution >= 0.6 is 25.3 Å². The first-order valence-electron chi connectivity index (χ1n) is 9.79. The maximum atomic E-state index is 12.9. The molecule has 176 valence electrons. The van der Waals surface area contributed by atoms with E-state index in [1.54, 1.807) is 0 Å². The lowest BCUT2D eigenvalue weighted by Crippen LogP contribution is -2.57. The van der Waals surface area contributed by atoms with Crippen LogP contribution in [0, 0.1) is 0 Å². The van der Waals surface area contributed by atoms with Crippen LogP contribution in [0.4, 0.5) is 0 Å². The number of aliphatic carboxylic acids is 1. The average Bonchev–Trinajstić information content (AvgIpc) is 3.21. The molecule has 0 aliphatic carbocycles. The second-order valence-corrected chi connectivity index (χ2v) is 7.80. The molecule has 1 saturated heterocycles. The zero-order valence-electron chi connectivity index (χ0n) is 17.1. The number of carbonyl (C=O) groups is 4. The minimum absolute atomic E-state index is 0.00449. The second kappa shape index (κ2) is 13.3. The molecule has 9 N–H and O–H groups in total. The van der Waals surface area contributed by atoms with Crippen molar-refractivity contribution in [3.8, 4) is 0 Å². The predicted molar refractivity (Wildman–Crippen MR) is 122 cm³/mol. The Morgan fingerprint density at radius 1 is 1.13 bits per heavy atom. The van der Waals surface area contributed by atoms with Crippen molar-refractivity contribution in [3.05, 3.63) is 0 Å². The zero-order chi connectivity index (χ0) is 23.6. The van der Waals surface area contributed by atoms with Gasteiger partial charge in [0.25, 0.3) is 0 Å². The maximum absolute atomic E-state index is 12.9. The standard InChI is InChI=1S/C17H31N7O5S2/c18-9(3-1-5-21-17(19)20)13(25)22-10(7-30)15(27)24-6-2-4-12(24)14(26)23-11(8-31)16(28)29/h9-12,30-31H,1-8,18H2,(H,22,25)(H,23,26)(H,28,29)(H4,19,20,21). The summed E-state index contributed by atoms with van der Waals surface area (Å²) in [5.41, 5.74) is 16.3. The quantitative estimate of drug-likeness (QED) is 0.0639. The second-order valence-electron chi connectivity index (χ2n) is 7.07. The number of likely N-dealkylation sites (tertiary alicyclic amines) is 1. The fraction of sp³-hybridized carbons (Fsp3) is 0.706. The number of carbonyl (C=O) groups excluding carboxylic acids is 3. The third kappa shape index (κ3) is 8.45. The SMILES string of the molecule is NC(N)=NCCCC(N)C(=O)NC(CS)C(=O)N1CCCC1C(=O)NC(CS)C(=O)O. The highest BCUT2D eigenvalue weighted by atomic mass is 32.1. The van der Waals surface area contributed by atoms with Gasteiger partial charge in [-0.1, -0.05) is 0 Å². The topological polar surface area (TPSA) is 206 Å². The molecule has 12 nitrogen and oxygen atoms in total. The third-order valence-electron chi connectivity index (χ3n) is 4.74. The van der Waals surface area contributed by atoms with Gasteiger partial charge in [0.05, 0.1) is 6.04 Å². The van der Waals surface area contributed by atoms with Crippen LogP contribution in [0.5, 0.6) is 0 Å². The highest BCUT2D eigenvalue weighted by molar-refractivity contribution is 7.80. The number of aliphatic imine (C=N–C) groups is 1. The number of thiol groups is 2. The third-order valence-corrected chi connectivity index (χ3v) is 5.47. The van der Waals surface area contributed by atoms with E-state index in [4.69, 9.17) is 22.3 Å². The van der Waals surface area contributed by atoms with Crippen LogP contribution < -0.4 is 27.8 Å². The molecule has 0 aromatic carbocycles. The molecule has 0 aromatic heterocycles. The van der Waals surface area contributed by atoms with E-state index in [9.17, 15) is 19.2 Å². The smallest absolute Gasteiger partial charge is 0.327 e. The lowest BCUT2D eigenvalue weighted by Gasteiger charge is -2.29.